The molecule has 2 heterocycles. The van der Waals surface area contributed by atoms with Crippen LogP contribution in [0.3, 0.4) is 0 Å². The topological polar surface area (TPSA) is 89.4 Å². The van der Waals surface area contributed by atoms with Crippen LogP contribution in [0, 0.1) is 0 Å². The first-order chi connectivity index (χ1) is 13.3. The summed E-state index contributed by atoms with van der Waals surface area (Å²) in [5, 5.41) is 11.0. The van der Waals surface area contributed by atoms with Gasteiger partial charge in [0.1, 0.15) is 18.0 Å². The molecule has 8 heteroatoms. The van der Waals surface area contributed by atoms with Crippen LogP contribution in [-0.4, -0.2) is 49.9 Å². The Morgan fingerprint density at radius 3 is 2.82 bits per heavy atom. The van der Waals surface area contributed by atoms with Crippen LogP contribution in [-0.2, 0) is 16.1 Å². The van der Waals surface area contributed by atoms with Crippen LogP contribution in [0.25, 0.3) is 11.4 Å². The highest BCUT2D eigenvalue weighted by atomic mass is 16.6. The van der Waals surface area contributed by atoms with E-state index in [1.807, 2.05) is 56.5 Å². The van der Waals surface area contributed by atoms with Crippen molar-refractivity contribution in [3.63, 3.8) is 0 Å². The van der Waals surface area contributed by atoms with E-state index in [1.54, 1.807) is 6.33 Å². The number of amides is 2. The molecule has 1 atom stereocenters. The largest absolute Gasteiger partial charge is 0.444 e. The number of rotatable bonds is 4. The molecule has 28 heavy (non-hydrogen) atoms. The summed E-state index contributed by atoms with van der Waals surface area (Å²) in [6, 6.07) is 6.94. The molecular weight excluding hydrogens is 358 g/mol. The Balaban J connectivity index is 1.72. The van der Waals surface area contributed by atoms with Crippen molar-refractivity contribution in [3.05, 3.63) is 30.6 Å². The smallest absolute Gasteiger partial charge is 0.410 e. The molecule has 0 aliphatic carbocycles. The molecule has 1 aromatic heterocycles. The summed E-state index contributed by atoms with van der Waals surface area (Å²) in [5.41, 5.74) is 0.932. The van der Waals surface area contributed by atoms with Gasteiger partial charge in [-0.3, -0.25) is 9.69 Å². The lowest BCUT2D eigenvalue weighted by Crippen LogP contribution is -2.45. The molecular formula is C20H27N5O3. The van der Waals surface area contributed by atoms with Gasteiger partial charge in [0.05, 0.1) is 0 Å². The summed E-state index contributed by atoms with van der Waals surface area (Å²) in [5.74, 6) is 0.535. The number of aryl methyl sites for hydroxylation is 1. The van der Waals surface area contributed by atoms with Gasteiger partial charge < -0.3 is 14.6 Å². The first kappa shape index (κ1) is 19.9. The van der Waals surface area contributed by atoms with E-state index in [0.717, 1.165) is 24.4 Å². The fourth-order valence-electron chi connectivity index (χ4n) is 3.25. The number of benzene rings is 1. The summed E-state index contributed by atoms with van der Waals surface area (Å²) in [6.45, 7) is 8.74. The second-order valence-electron chi connectivity index (χ2n) is 7.84. The van der Waals surface area contributed by atoms with Crippen LogP contribution in [0.4, 0.5) is 10.5 Å². The van der Waals surface area contributed by atoms with Crippen LogP contribution in [0.2, 0.25) is 0 Å². The van der Waals surface area contributed by atoms with Crippen LogP contribution in [0.1, 0.15) is 40.5 Å². The van der Waals surface area contributed by atoms with Gasteiger partial charge in [-0.2, -0.15) is 0 Å². The summed E-state index contributed by atoms with van der Waals surface area (Å²) < 4.78 is 7.37. The second-order valence-corrected chi connectivity index (χ2v) is 7.84. The van der Waals surface area contributed by atoms with Crippen molar-refractivity contribution in [2.24, 2.45) is 0 Å². The van der Waals surface area contributed by atoms with Crippen LogP contribution >= 0.6 is 0 Å². The molecule has 2 amide bonds. The fourth-order valence-corrected chi connectivity index (χ4v) is 3.25. The molecule has 0 spiro atoms. The van der Waals surface area contributed by atoms with Crippen molar-refractivity contribution in [3.8, 4) is 11.4 Å². The van der Waals surface area contributed by atoms with Crippen molar-refractivity contribution in [1.29, 1.82) is 0 Å². The lowest BCUT2D eigenvalue weighted by atomic mass is 10.1. The Hall–Kier alpha value is -2.90. The van der Waals surface area contributed by atoms with Gasteiger partial charge >= 0.3 is 6.09 Å². The number of nitrogens with one attached hydrogen (secondary N) is 1. The van der Waals surface area contributed by atoms with E-state index in [1.165, 1.54) is 4.90 Å². The predicted molar refractivity (Wildman–Crippen MR) is 106 cm³/mol. The highest BCUT2D eigenvalue weighted by molar-refractivity contribution is 5.97. The maximum atomic E-state index is 12.8. The van der Waals surface area contributed by atoms with Crippen molar-refractivity contribution >= 4 is 17.7 Å². The zero-order valence-electron chi connectivity index (χ0n) is 16.8. The maximum Gasteiger partial charge on any atom is 0.410 e. The van der Waals surface area contributed by atoms with E-state index in [2.05, 4.69) is 15.5 Å². The van der Waals surface area contributed by atoms with Gasteiger partial charge in [-0.25, -0.2) is 4.79 Å². The van der Waals surface area contributed by atoms with Crippen LogP contribution in [0.15, 0.2) is 30.6 Å². The third-order valence-electron chi connectivity index (χ3n) is 4.53. The molecule has 1 saturated heterocycles. The number of anilines is 1. The van der Waals surface area contributed by atoms with E-state index in [4.69, 9.17) is 4.74 Å². The molecule has 150 valence electrons. The Labute approximate surface area is 164 Å². The lowest BCUT2D eigenvalue weighted by Gasteiger charge is -2.28. The zero-order valence-corrected chi connectivity index (χ0v) is 16.8. The van der Waals surface area contributed by atoms with Crippen molar-refractivity contribution in [1.82, 2.24) is 19.7 Å². The molecule has 1 aliphatic rings. The SMILES string of the molecule is CCn1cnnc1-c1cccc(NC(=O)C2CCCN2C(=O)OC(C)(C)C)c1. The highest BCUT2D eigenvalue weighted by Crippen LogP contribution is 2.24. The summed E-state index contributed by atoms with van der Waals surface area (Å²) in [6.07, 6.45) is 2.62. The average Bonchev–Trinajstić information content (AvgIpc) is 3.29. The molecule has 8 nitrogen and oxygen atoms in total. The lowest BCUT2D eigenvalue weighted by molar-refractivity contribution is -0.120. The Morgan fingerprint density at radius 1 is 1.32 bits per heavy atom. The van der Waals surface area contributed by atoms with Crippen molar-refractivity contribution < 1.29 is 14.3 Å². The van der Waals surface area contributed by atoms with Gasteiger partial charge in [-0.05, 0) is 52.7 Å². The number of carbonyl (C=O) groups excluding carboxylic acids is 2. The van der Waals surface area contributed by atoms with E-state index >= 15 is 0 Å². The molecule has 1 aliphatic heterocycles. The molecule has 1 fully saturated rings. The monoisotopic (exact) mass is 385 g/mol. The molecule has 0 radical (unpaired) electrons. The van der Waals surface area contributed by atoms with Crippen LogP contribution < -0.4 is 5.32 Å². The molecule has 1 N–H and O–H groups in total. The number of aromatic nitrogens is 3. The fraction of sp³-hybridized carbons (Fsp3) is 0.500. The standard InChI is InChI=1S/C20H27N5O3/c1-5-24-13-21-23-17(24)14-8-6-9-15(12-14)22-18(26)16-10-7-11-25(16)19(27)28-20(2,3)4/h6,8-9,12-13,16H,5,7,10-11H2,1-4H3,(H,22,26). The van der Waals surface area contributed by atoms with Gasteiger partial charge in [0.15, 0.2) is 5.82 Å². The molecule has 1 unspecified atom stereocenters. The number of hydrogen-bond donors (Lipinski definition) is 1. The predicted octanol–water partition coefficient (Wildman–Crippen LogP) is 3.30. The number of carbonyl (C=O) groups is 2. The molecule has 0 bridgehead atoms. The number of ether oxygens (including phenoxy) is 1. The van der Waals surface area contributed by atoms with E-state index in [9.17, 15) is 9.59 Å². The van der Waals surface area contributed by atoms with E-state index in [-0.39, 0.29) is 5.91 Å². The Kier molecular flexibility index (Phi) is 5.67. The molecule has 1 aromatic carbocycles. The summed E-state index contributed by atoms with van der Waals surface area (Å²) in [7, 11) is 0. The minimum absolute atomic E-state index is 0.211. The average molecular weight is 385 g/mol. The minimum Gasteiger partial charge on any atom is -0.444 e. The Bertz CT molecular complexity index is 856. The molecule has 0 saturated carbocycles. The molecule has 3 rings (SSSR count). The van der Waals surface area contributed by atoms with Gasteiger partial charge in [-0.1, -0.05) is 12.1 Å². The number of likely N-dealkylation sites (tertiary alicyclic amines) is 1. The highest BCUT2D eigenvalue weighted by Gasteiger charge is 2.36. The normalized spacial score (nSPS) is 16.9. The van der Waals surface area contributed by atoms with Crippen LogP contribution in [0.5, 0.6) is 0 Å². The zero-order chi connectivity index (χ0) is 20.3. The minimum atomic E-state index is -0.593. The van der Waals surface area contributed by atoms with Gasteiger partial charge in [0, 0.05) is 24.3 Å². The summed E-state index contributed by atoms with van der Waals surface area (Å²) in [4.78, 5) is 26.7. The van der Waals surface area contributed by atoms with Gasteiger partial charge in [-0.15, -0.1) is 10.2 Å². The molecule has 2 aromatic rings. The summed E-state index contributed by atoms with van der Waals surface area (Å²) >= 11 is 0. The van der Waals surface area contributed by atoms with E-state index in [0.29, 0.717) is 18.7 Å². The Morgan fingerprint density at radius 2 is 2.11 bits per heavy atom. The van der Waals surface area contributed by atoms with Crippen molar-refractivity contribution in [2.75, 3.05) is 11.9 Å². The first-order valence-corrected chi connectivity index (χ1v) is 9.57. The third kappa shape index (κ3) is 4.49. The van der Waals surface area contributed by atoms with Crippen molar-refractivity contribution in [2.45, 2.75) is 58.7 Å². The number of hydrogen-bond acceptors (Lipinski definition) is 5. The quantitative estimate of drug-likeness (QED) is 0.872. The third-order valence-corrected chi connectivity index (χ3v) is 4.53. The maximum absolute atomic E-state index is 12.8. The first-order valence-electron chi connectivity index (χ1n) is 9.57. The van der Waals surface area contributed by atoms with Gasteiger partial charge in [0.25, 0.3) is 0 Å². The van der Waals surface area contributed by atoms with E-state index < -0.39 is 17.7 Å². The van der Waals surface area contributed by atoms with Gasteiger partial charge in [0.2, 0.25) is 5.91 Å². The number of nitrogens with zero attached hydrogens (tertiary/aromatic N) is 4. The second kappa shape index (κ2) is 8.00.